The lowest BCUT2D eigenvalue weighted by Crippen LogP contribution is -2.12. The van der Waals surface area contributed by atoms with Crippen molar-refractivity contribution in [2.24, 2.45) is 0 Å². The predicted molar refractivity (Wildman–Crippen MR) is 58.1 cm³/mol. The van der Waals surface area contributed by atoms with Crippen molar-refractivity contribution in [3.63, 3.8) is 0 Å². The number of hydrogen-bond donors (Lipinski definition) is 1. The Hall–Kier alpha value is -1.37. The SMILES string of the molecule is CCS(=O)(=O)CCCn1ccc(C(=O)O)n1. The summed E-state index contributed by atoms with van der Waals surface area (Å²) in [6.07, 6.45) is 1.97. The van der Waals surface area contributed by atoms with Gasteiger partial charge in [-0.05, 0) is 12.5 Å². The molecule has 0 spiro atoms. The van der Waals surface area contributed by atoms with Crippen LogP contribution in [-0.2, 0) is 16.4 Å². The maximum absolute atomic E-state index is 11.2. The molecule has 0 bridgehead atoms. The highest BCUT2D eigenvalue weighted by Gasteiger charge is 2.09. The number of aromatic nitrogens is 2. The van der Waals surface area contributed by atoms with E-state index in [0.29, 0.717) is 13.0 Å². The number of nitrogens with zero attached hydrogens (tertiary/aromatic N) is 2. The first-order chi connectivity index (χ1) is 7.44. The average molecular weight is 246 g/mol. The van der Waals surface area contributed by atoms with Crippen LogP contribution in [0.3, 0.4) is 0 Å². The minimum absolute atomic E-state index is 0.0293. The van der Waals surface area contributed by atoms with E-state index in [1.54, 1.807) is 6.92 Å². The van der Waals surface area contributed by atoms with Gasteiger partial charge in [0, 0.05) is 18.5 Å². The minimum Gasteiger partial charge on any atom is -0.476 e. The zero-order chi connectivity index (χ0) is 12.2. The van der Waals surface area contributed by atoms with E-state index in [-0.39, 0.29) is 17.2 Å². The van der Waals surface area contributed by atoms with Gasteiger partial charge in [0.1, 0.15) is 9.84 Å². The number of carbonyl (C=O) groups is 1. The van der Waals surface area contributed by atoms with Crippen LogP contribution in [-0.4, -0.2) is 40.8 Å². The lowest BCUT2D eigenvalue weighted by molar-refractivity contribution is 0.0689. The summed E-state index contributed by atoms with van der Waals surface area (Å²) < 4.78 is 23.8. The van der Waals surface area contributed by atoms with Crippen molar-refractivity contribution in [2.75, 3.05) is 11.5 Å². The second-order valence-corrected chi connectivity index (χ2v) is 5.83. The lowest BCUT2D eigenvalue weighted by atomic mass is 10.4. The van der Waals surface area contributed by atoms with Gasteiger partial charge in [0.05, 0.1) is 5.75 Å². The Morgan fingerprint density at radius 1 is 1.56 bits per heavy atom. The standard InChI is InChI=1S/C9H14N2O4S/c1-2-16(14,15)7-3-5-11-6-4-8(10-11)9(12)13/h4,6H,2-3,5,7H2,1H3,(H,12,13). The highest BCUT2D eigenvalue weighted by Crippen LogP contribution is 1.99. The summed E-state index contributed by atoms with van der Waals surface area (Å²) in [5, 5.41) is 12.4. The van der Waals surface area contributed by atoms with E-state index in [0.717, 1.165) is 0 Å². The maximum atomic E-state index is 11.2. The van der Waals surface area contributed by atoms with E-state index in [4.69, 9.17) is 5.11 Å². The van der Waals surface area contributed by atoms with Crippen molar-refractivity contribution >= 4 is 15.8 Å². The van der Waals surface area contributed by atoms with E-state index in [2.05, 4.69) is 5.10 Å². The normalized spacial score (nSPS) is 11.6. The van der Waals surface area contributed by atoms with Crippen molar-refractivity contribution in [1.29, 1.82) is 0 Å². The maximum Gasteiger partial charge on any atom is 0.356 e. The van der Waals surface area contributed by atoms with Gasteiger partial charge in [-0.3, -0.25) is 4.68 Å². The van der Waals surface area contributed by atoms with Crippen LogP contribution in [0.2, 0.25) is 0 Å². The Morgan fingerprint density at radius 3 is 2.75 bits per heavy atom. The van der Waals surface area contributed by atoms with Crippen LogP contribution in [0.4, 0.5) is 0 Å². The third-order valence-corrected chi connectivity index (χ3v) is 3.93. The fourth-order valence-corrected chi connectivity index (χ4v) is 2.05. The molecule has 1 heterocycles. The molecule has 0 atom stereocenters. The number of aromatic carboxylic acids is 1. The predicted octanol–water partition coefficient (Wildman–Crippen LogP) is 0.406. The van der Waals surface area contributed by atoms with Crippen molar-refractivity contribution in [3.05, 3.63) is 18.0 Å². The molecule has 0 aliphatic heterocycles. The molecule has 1 rings (SSSR count). The average Bonchev–Trinajstić information content (AvgIpc) is 2.66. The molecule has 0 radical (unpaired) electrons. The van der Waals surface area contributed by atoms with Crippen LogP contribution in [0, 0.1) is 0 Å². The molecular weight excluding hydrogens is 232 g/mol. The molecule has 0 unspecified atom stereocenters. The molecule has 16 heavy (non-hydrogen) atoms. The van der Waals surface area contributed by atoms with Gasteiger partial charge in [-0.25, -0.2) is 13.2 Å². The first kappa shape index (κ1) is 12.7. The molecule has 0 saturated carbocycles. The van der Waals surface area contributed by atoms with E-state index in [1.807, 2.05) is 0 Å². The van der Waals surface area contributed by atoms with Crippen molar-refractivity contribution < 1.29 is 18.3 Å². The lowest BCUT2D eigenvalue weighted by Gasteiger charge is -2.01. The first-order valence-electron chi connectivity index (χ1n) is 4.92. The van der Waals surface area contributed by atoms with E-state index >= 15 is 0 Å². The zero-order valence-corrected chi connectivity index (χ0v) is 9.77. The molecule has 7 heteroatoms. The fourth-order valence-electron chi connectivity index (χ4n) is 1.19. The van der Waals surface area contributed by atoms with Crippen LogP contribution in [0.25, 0.3) is 0 Å². The Kier molecular flexibility index (Phi) is 4.05. The Labute approximate surface area is 93.8 Å². The Morgan fingerprint density at radius 2 is 2.25 bits per heavy atom. The summed E-state index contributed by atoms with van der Waals surface area (Å²) in [6.45, 7) is 2.01. The number of sulfone groups is 1. The molecule has 1 aromatic rings. The number of carboxylic acids is 1. The van der Waals surface area contributed by atoms with Crippen molar-refractivity contribution in [2.45, 2.75) is 19.9 Å². The van der Waals surface area contributed by atoms with Gasteiger partial charge in [0.25, 0.3) is 0 Å². The van der Waals surface area contributed by atoms with Crippen LogP contribution < -0.4 is 0 Å². The smallest absolute Gasteiger partial charge is 0.356 e. The summed E-state index contributed by atoms with van der Waals surface area (Å²) in [5.74, 6) is -0.849. The van der Waals surface area contributed by atoms with Gasteiger partial charge >= 0.3 is 5.97 Å². The van der Waals surface area contributed by atoms with Crippen LogP contribution >= 0.6 is 0 Å². The number of hydrogen-bond acceptors (Lipinski definition) is 4. The number of aryl methyl sites for hydroxylation is 1. The summed E-state index contributed by atoms with van der Waals surface area (Å²) >= 11 is 0. The van der Waals surface area contributed by atoms with Crippen molar-refractivity contribution in [3.8, 4) is 0 Å². The first-order valence-corrected chi connectivity index (χ1v) is 6.74. The highest BCUT2D eigenvalue weighted by molar-refractivity contribution is 7.91. The third kappa shape index (κ3) is 3.65. The van der Waals surface area contributed by atoms with Gasteiger partial charge in [0.2, 0.25) is 0 Å². The van der Waals surface area contributed by atoms with E-state index < -0.39 is 15.8 Å². The zero-order valence-electron chi connectivity index (χ0n) is 8.96. The number of carboxylic acid groups (broad SMARTS) is 1. The molecule has 0 saturated heterocycles. The monoisotopic (exact) mass is 246 g/mol. The molecule has 90 valence electrons. The minimum atomic E-state index is -2.96. The van der Waals surface area contributed by atoms with Crippen LogP contribution in [0.15, 0.2) is 12.3 Å². The Bertz CT molecular complexity index is 464. The topological polar surface area (TPSA) is 89.3 Å². The van der Waals surface area contributed by atoms with Gasteiger partial charge in [-0.1, -0.05) is 6.92 Å². The van der Waals surface area contributed by atoms with Crippen LogP contribution in [0.1, 0.15) is 23.8 Å². The largest absolute Gasteiger partial charge is 0.476 e. The molecule has 6 nitrogen and oxygen atoms in total. The molecule has 1 N–H and O–H groups in total. The van der Waals surface area contributed by atoms with Gasteiger partial charge in [-0.2, -0.15) is 5.10 Å². The second-order valence-electron chi connectivity index (χ2n) is 3.36. The molecule has 0 aliphatic carbocycles. The Balaban J connectivity index is 2.46. The summed E-state index contributed by atoms with van der Waals surface area (Å²) in [4.78, 5) is 10.5. The van der Waals surface area contributed by atoms with E-state index in [1.165, 1.54) is 16.9 Å². The van der Waals surface area contributed by atoms with Gasteiger partial charge in [0.15, 0.2) is 5.69 Å². The molecule has 0 fully saturated rings. The molecule has 0 amide bonds. The highest BCUT2D eigenvalue weighted by atomic mass is 32.2. The summed E-state index contributed by atoms with van der Waals surface area (Å²) in [5.41, 5.74) is -0.0293. The summed E-state index contributed by atoms with van der Waals surface area (Å²) in [7, 11) is -2.96. The quantitative estimate of drug-likeness (QED) is 0.785. The number of rotatable bonds is 6. The molecular formula is C9H14N2O4S. The molecule has 1 aromatic heterocycles. The van der Waals surface area contributed by atoms with Crippen molar-refractivity contribution in [1.82, 2.24) is 9.78 Å². The molecule has 0 aliphatic rings. The van der Waals surface area contributed by atoms with Crippen LogP contribution in [0.5, 0.6) is 0 Å². The molecule has 0 aromatic carbocycles. The van der Waals surface area contributed by atoms with E-state index in [9.17, 15) is 13.2 Å². The fraction of sp³-hybridized carbons (Fsp3) is 0.556. The van der Waals surface area contributed by atoms with Gasteiger partial charge in [-0.15, -0.1) is 0 Å². The summed E-state index contributed by atoms with van der Waals surface area (Å²) in [6, 6.07) is 1.39. The third-order valence-electron chi connectivity index (χ3n) is 2.14. The second kappa shape index (κ2) is 5.11. The van der Waals surface area contributed by atoms with Gasteiger partial charge < -0.3 is 5.11 Å².